The Morgan fingerprint density at radius 3 is 2.47 bits per heavy atom. The molecule has 2 N–H and O–H groups in total. The molecule has 0 spiro atoms. The van der Waals surface area contributed by atoms with Crippen LogP contribution in [0.25, 0.3) is 0 Å². The van der Waals surface area contributed by atoms with Gasteiger partial charge in [-0.05, 0) is 37.5 Å². The number of nitrogens with two attached hydrogens (primary N) is 1. The Kier molecular flexibility index (Phi) is 4.32. The van der Waals surface area contributed by atoms with Crippen molar-refractivity contribution in [2.45, 2.75) is 65.3 Å². The summed E-state index contributed by atoms with van der Waals surface area (Å²) in [4.78, 5) is 11.1. The summed E-state index contributed by atoms with van der Waals surface area (Å²) >= 11 is 0. The largest absolute Gasteiger partial charge is 0.322 e. The average molecular weight is 211 g/mol. The summed E-state index contributed by atoms with van der Waals surface area (Å²) in [5.41, 5.74) is 6.03. The fourth-order valence-corrected chi connectivity index (χ4v) is 2.22. The highest BCUT2D eigenvalue weighted by atomic mass is 16.1. The average Bonchev–Trinajstić information content (AvgIpc) is 1.99. The Hall–Kier alpha value is -0.370. The second-order valence-electron chi connectivity index (χ2n) is 5.92. The van der Waals surface area contributed by atoms with Gasteiger partial charge in [0.05, 0.1) is 6.04 Å². The zero-order chi connectivity index (χ0) is 11.5. The van der Waals surface area contributed by atoms with E-state index in [9.17, 15) is 4.79 Å². The van der Waals surface area contributed by atoms with Crippen molar-refractivity contribution in [2.75, 3.05) is 0 Å². The van der Waals surface area contributed by atoms with Gasteiger partial charge in [-0.2, -0.15) is 0 Å². The van der Waals surface area contributed by atoms with E-state index < -0.39 is 0 Å². The van der Waals surface area contributed by atoms with Gasteiger partial charge < -0.3 is 5.73 Å². The van der Waals surface area contributed by atoms with Crippen molar-refractivity contribution >= 4 is 5.78 Å². The van der Waals surface area contributed by atoms with E-state index in [2.05, 4.69) is 13.8 Å². The molecule has 2 heteroatoms. The fraction of sp³-hybridized carbons (Fsp3) is 0.923. The molecule has 0 bridgehead atoms. The van der Waals surface area contributed by atoms with Crippen LogP contribution in [0.15, 0.2) is 0 Å². The van der Waals surface area contributed by atoms with E-state index in [1.54, 1.807) is 6.92 Å². The van der Waals surface area contributed by atoms with Crippen molar-refractivity contribution in [3.05, 3.63) is 0 Å². The first-order valence-electron chi connectivity index (χ1n) is 6.17. The van der Waals surface area contributed by atoms with Crippen LogP contribution in [-0.2, 0) is 4.79 Å². The number of ketones is 1. The molecular weight excluding hydrogens is 186 g/mol. The van der Waals surface area contributed by atoms with Gasteiger partial charge >= 0.3 is 0 Å². The number of hydrogen-bond acceptors (Lipinski definition) is 2. The second-order valence-corrected chi connectivity index (χ2v) is 5.92. The smallest absolute Gasteiger partial charge is 0.146 e. The van der Waals surface area contributed by atoms with Crippen LogP contribution < -0.4 is 5.73 Å². The lowest BCUT2D eigenvalue weighted by molar-refractivity contribution is -0.118. The second kappa shape index (κ2) is 5.11. The molecule has 88 valence electrons. The molecule has 1 rings (SSSR count). The minimum atomic E-state index is -0.263. The Labute approximate surface area is 93.6 Å². The molecule has 0 amide bonds. The zero-order valence-corrected chi connectivity index (χ0v) is 10.4. The monoisotopic (exact) mass is 211 g/mol. The van der Waals surface area contributed by atoms with Crippen LogP contribution in [0.1, 0.15) is 59.3 Å². The van der Waals surface area contributed by atoms with Crippen LogP contribution in [0, 0.1) is 11.3 Å². The predicted octanol–water partition coefficient (Wildman–Crippen LogP) is 2.90. The highest BCUT2D eigenvalue weighted by Crippen LogP contribution is 2.36. The van der Waals surface area contributed by atoms with Gasteiger partial charge in [0.2, 0.25) is 0 Å². The molecule has 1 aliphatic rings. The number of carbonyl (C=O) groups excluding carboxylic acids is 1. The van der Waals surface area contributed by atoms with Gasteiger partial charge in [-0.25, -0.2) is 0 Å². The molecule has 1 fully saturated rings. The van der Waals surface area contributed by atoms with Gasteiger partial charge in [0, 0.05) is 0 Å². The maximum Gasteiger partial charge on any atom is 0.146 e. The maximum atomic E-state index is 11.1. The maximum absolute atomic E-state index is 11.1. The first-order chi connectivity index (χ1) is 6.91. The molecule has 0 radical (unpaired) electrons. The predicted molar refractivity (Wildman–Crippen MR) is 63.6 cm³/mol. The molecule has 1 unspecified atom stereocenters. The molecule has 2 nitrogen and oxygen atoms in total. The third-order valence-electron chi connectivity index (χ3n) is 3.75. The van der Waals surface area contributed by atoms with Crippen molar-refractivity contribution < 1.29 is 4.79 Å². The van der Waals surface area contributed by atoms with Crippen LogP contribution in [0.4, 0.5) is 0 Å². The molecule has 0 aromatic heterocycles. The molecule has 15 heavy (non-hydrogen) atoms. The lowest BCUT2D eigenvalue weighted by Gasteiger charge is -2.32. The van der Waals surface area contributed by atoms with E-state index in [0.717, 1.165) is 12.3 Å². The Bertz CT molecular complexity index is 219. The standard InChI is InChI=1S/C13H25NO/c1-10(15)12(14)9-13(2,3)8-7-11-5-4-6-11/h11-12H,4-9,14H2,1-3H3. The lowest BCUT2D eigenvalue weighted by Crippen LogP contribution is -2.34. The Morgan fingerprint density at radius 1 is 1.47 bits per heavy atom. The summed E-state index contributed by atoms with van der Waals surface area (Å²) in [6, 6.07) is -0.263. The first kappa shape index (κ1) is 12.7. The number of carbonyl (C=O) groups is 1. The Balaban J connectivity index is 2.26. The first-order valence-corrected chi connectivity index (χ1v) is 6.17. The van der Waals surface area contributed by atoms with E-state index in [0.29, 0.717) is 0 Å². The molecule has 1 aliphatic carbocycles. The molecule has 0 aromatic carbocycles. The summed E-state index contributed by atoms with van der Waals surface area (Å²) in [5, 5.41) is 0. The minimum Gasteiger partial charge on any atom is -0.322 e. The quantitative estimate of drug-likeness (QED) is 0.734. The topological polar surface area (TPSA) is 43.1 Å². The van der Waals surface area contributed by atoms with Crippen molar-refractivity contribution in [3.8, 4) is 0 Å². The Morgan fingerprint density at radius 2 is 2.07 bits per heavy atom. The van der Waals surface area contributed by atoms with Gasteiger partial charge in [-0.3, -0.25) is 4.79 Å². The highest BCUT2D eigenvalue weighted by Gasteiger charge is 2.26. The van der Waals surface area contributed by atoms with E-state index in [1.807, 2.05) is 0 Å². The summed E-state index contributed by atoms with van der Waals surface area (Å²) in [5.74, 6) is 1.07. The van der Waals surface area contributed by atoms with Gasteiger partial charge in [0.15, 0.2) is 0 Å². The summed E-state index contributed by atoms with van der Waals surface area (Å²) in [6.45, 7) is 6.05. The van der Waals surface area contributed by atoms with Gasteiger partial charge in [-0.1, -0.05) is 33.1 Å². The van der Waals surface area contributed by atoms with Crippen LogP contribution in [0.2, 0.25) is 0 Å². The fourth-order valence-electron chi connectivity index (χ4n) is 2.22. The van der Waals surface area contributed by atoms with Crippen LogP contribution >= 0.6 is 0 Å². The summed E-state index contributed by atoms with van der Waals surface area (Å²) < 4.78 is 0. The van der Waals surface area contributed by atoms with E-state index in [1.165, 1.54) is 32.1 Å². The molecule has 0 aromatic rings. The normalized spacial score (nSPS) is 19.7. The zero-order valence-electron chi connectivity index (χ0n) is 10.4. The summed E-state index contributed by atoms with van der Waals surface area (Å²) in [6.07, 6.45) is 7.59. The van der Waals surface area contributed by atoms with Crippen molar-refractivity contribution in [2.24, 2.45) is 17.1 Å². The third-order valence-corrected chi connectivity index (χ3v) is 3.75. The summed E-state index contributed by atoms with van der Waals surface area (Å²) in [7, 11) is 0. The number of hydrogen-bond donors (Lipinski definition) is 1. The van der Waals surface area contributed by atoms with Crippen molar-refractivity contribution in [3.63, 3.8) is 0 Å². The number of rotatable bonds is 6. The van der Waals surface area contributed by atoms with Crippen molar-refractivity contribution in [1.29, 1.82) is 0 Å². The molecular formula is C13H25NO. The van der Waals surface area contributed by atoms with E-state index in [4.69, 9.17) is 5.73 Å². The van der Waals surface area contributed by atoms with Crippen LogP contribution in [0.3, 0.4) is 0 Å². The third kappa shape index (κ3) is 4.33. The van der Waals surface area contributed by atoms with Crippen LogP contribution in [0.5, 0.6) is 0 Å². The molecule has 0 saturated heterocycles. The van der Waals surface area contributed by atoms with Crippen molar-refractivity contribution in [1.82, 2.24) is 0 Å². The lowest BCUT2D eigenvalue weighted by atomic mass is 9.74. The molecule has 0 aliphatic heterocycles. The van der Waals surface area contributed by atoms with Gasteiger partial charge in [-0.15, -0.1) is 0 Å². The highest BCUT2D eigenvalue weighted by molar-refractivity contribution is 5.81. The SMILES string of the molecule is CC(=O)C(N)CC(C)(C)CCC1CCC1. The van der Waals surface area contributed by atoms with E-state index >= 15 is 0 Å². The van der Waals surface area contributed by atoms with E-state index in [-0.39, 0.29) is 17.2 Å². The molecule has 1 atom stereocenters. The molecule has 1 saturated carbocycles. The van der Waals surface area contributed by atoms with Gasteiger partial charge in [0.1, 0.15) is 5.78 Å². The minimum absolute atomic E-state index is 0.117. The number of Topliss-reactive ketones (excluding diaryl/α,β-unsaturated/α-hetero) is 1. The van der Waals surface area contributed by atoms with Gasteiger partial charge in [0.25, 0.3) is 0 Å². The van der Waals surface area contributed by atoms with Crippen LogP contribution in [-0.4, -0.2) is 11.8 Å². The molecule has 0 heterocycles.